The second kappa shape index (κ2) is 5.79. The van der Waals surface area contributed by atoms with Gasteiger partial charge in [0.1, 0.15) is 5.69 Å². The average molecular weight is 272 g/mol. The van der Waals surface area contributed by atoms with Gasteiger partial charge in [-0.25, -0.2) is 0 Å². The quantitative estimate of drug-likeness (QED) is 0.647. The van der Waals surface area contributed by atoms with Gasteiger partial charge in [-0.15, -0.1) is 0 Å². The van der Waals surface area contributed by atoms with E-state index in [9.17, 15) is 14.9 Å². The predicted molar refractivity (Wildman–Crippen MR) is 69.5 cm³/mol. The molecule has 0 aliphatic heterocycles. The highest BCUT2D eigenvalue weighted by molar-refractivity contribution is 6.31. The smallest absolute Gasteiger partial charge is 0.294 e. The molecule has 2 unspecified atom stereocenters. The number of halogens is 1. The second-order valence-corrected chi connectivity index (χ2v) is 4.49. The summed E-state index contributed by atoms with van der Waals surface area (Å²) >= 11 is 5.67. The summed E-state index contributed by atoms with van der Waals surface area (Å²) in [6.45, 7) is 3.35. The van der Waals surface area contributed by atoms with Gasteiger partial charge in [0.05, 0.1) is 10.8 Å². The van der Waals surface area contributed by atoms with Crippen molar-refractivity contribution in [3.8, 4) is 0 Å². The van der Waals surface area contributed by atoms with E-state index >= 15 is 0 Å². The molecule has 18 heavy (non-hydrogen) atoms. The maximum Gasteiger partial charge on any atom is 0.294 e. The first-order valence-corrected chi connectivity index (χ1v) is 5.71. The van der Waals surface area contributed by atoms with E-state index < -0.39 is 10.8 Å². The van der Waals surface area contributed by atoms with Crippen LogP contribution in [0.3, 0.4) is 0 Å². The van der Waals surface area contributed by atoms with Crippen LogP contribution >= 0.6 is 11.6 Å². The van der Waals surface area contributed by atoms with Crippen molar-refractivity contribution in [1.29, 1.82) is 0 Å². The number of rotatable bonds is 4. The molecule has 0 radical (unpaired) electrons. The molecule has 0 saturated carbocycles. The molecule has 0 aromatic heterocycles. The predicted octanol–water partition coefficient (Wildman–Crippen LogP) is 2.17. The molecule has 1 amide bonds. The number of hydrogen-bond acceptors (Lipinski definition) is 4. The van der Waals surface area contributed by atoms with Crippen LogP contribution in [-0.2, 0) is 4.79 Å². The number of nitro groups is 1. The number of nitro benzene ring substituents is 1. The average Bonchev–Trinajstić information content (AvgIpc) is 2.29. The third-order valence-electron chi connectivity index (χ3n) is 2.62. The molecule has 3 N–H and O–H groups in total. The lowest BCUT2D eigenvalue weighted by Gasteiger charge is -2.15. The normalized spacial score (nSPS) is 13.8. The van der Waals surface area contributed by atoms with Gasteiger partial charge >= 0.3 is 0 Å². The van der Waals surface area contributed by atoms with Gasteiger partial charge in [-0.3, -0.25) is 14.9 Å². The van der Waals surface area contributed by atoms with Crippen LogP contribution in [0.4, 0.5) is 11.4 Å². The molecule has 0 saturated heterocycles. The van der Waals surface area contributed by atoms with Crippen molar-refractivity contribution in [3.05, 3.63) is 33.3 Å². The van der Waals surface area contributed by atoms with Gasteiger partial charge < -0.3 is 11.1 Å². The molecule has 7 heteroatoms. The molecule has 1 aromatic carbocycles. The molecule has 1 aromatic rings. The van der Waals surface area contributed by atoms with Crippen molar-refractivity contribution in [3.63, 3.8) is 0 Å². The van der Waals surface area contributed by atoms with E-state index in [1.54, 1.807) is 13.8 Å². The number of anilines is 1. The molecule has 0 bridgehead atoms. The van der Waals surface area contributed by atoms with Crippen LogP contribution in [0.15, 0.2) is 18.2 Å². The zero-order valence-corrected chi connectivity index (χ0v) is 10.8. The number of amides is 1. The fourth-order valence-electron chi connectivity index (χ4n) is 1.25. The first-order chi connectivity index (χ1) is 8.32. The van der Waals surface area contributed by atoms with Gasteiger partial charge in [0, 0.05) is 17.1 Å². The van der Waals surface area contributed by atoms with E-state index in [4.69, 9.17) is 17.3 Å². The summed E-state index contributed by atoms with van der Waals surface area (Å²) in [5.41, 5.74) is 5.47. The third kappa shape index (κ3) is 3.41. The van der Waals surface area contributed by atoms with Crippen molar-refractivity contribution < 1.29 is 9.72 Å². The monoisotopic (exact) mass is 271 g/mol. The molecule has 2 atom stereocenters. The van der Waals surface area contributed by atoms with Crippen molar-refractivity contribution >= 4 is 28.9 Å². The Hall–Kier alpha value is -1.66. The van der Waals surface area contributed by atoms with Crippen molar-refractivity contribution in [2.24, 2.45) is 11.7 Å². The first-order valence-electron chi connectivity index (χ1n) is 5.33. The number of nitrogens with zero attached hydrogens (tertiary/aromatic N) is 1. The Morgan fingerprint density at radius 2 is 2.11 bits per heavy atom. The van der Waals surface area contributed by atoms with Crippen LogP contribution in [-0.4, -0.2) is 16.9 Å². The third-order valence-corrected chi connectivity index (χ3v) is 2.85. The maximum atomic E-state index is 11.8. The number of nitrogens with two attached hydrogens (primary N) is 1. The van der Waals surface area contributed by atoms with Crippen LogP contribution in [0.5, 0.6) is 0 Å². The minimum Gasteiger partial charge on any atom is -0.327 e. The Morgan fingerprint density at radius 3 is 2.61 bits per heavy atom. The van der Waals surface area contributed by atoms with Gasteiger partial charge in [-0.05, 0) is 19.1 Å². The van der Waals surface area contributed by atoms with Crippen molar-refractivity contribution in [2.75, 3.05) is 5.32 Å². The molecule has 0 aliphatic rings. The lowest BCUT2D eigenvalue weighted by Crippen LogP contribution is -2.34. The Balaban J connectivity index is 2.98. The second-order valence-electron chi connectivity index (χ2n) is 4.06. The van der Waals surface area contributed by atoms with Gasteiger partial charge in [0.15, 0.2) is 0 Å². The zero-order valence-electron chi connectivity index (χ0n) is 10.0. The number of carbonyl (C=O) groups excluding carboxylic acids is 1. The van der Waals surface area contributed by atoms with Gasteiger partial charge in [-0.1, -0.05) is 18.5 Å². The molecule has 1 rings (SSSR count). The zero-order chi connectivity index (χ0) is 13.9. The van der Waals surface area contributed by atoms with Crippen molar-refractivity contribution in [2.45, 2.75) is 19.9 Å². The van der Waals surface area contributed by atoms with Gasteiger partial charge in [0.2, 0.25) is 5.91 Å². The standard InChI is InChI=1S/C11H14ClN3O3/c1-6(7(2)13)11(16)14-9-4-3-8(12)5-10(9)15(17)18/h3-7H,13H2,1-2H3,(H,14,16). The minimum absolute atomic E-state index is 0.113. The molecule has 98 valence electrons. The van der Waals surface area contributed by atoms with E-state index in [1.807, 2.05) is 0 Å². The SMILES string of the molecule is CC(N)C(C)C(=O)Nc1ccc(Cl)cc1[N+](=O)[O-]. The number of benzene rings is 1. The highest BCUT2D eigenvalue weighted by Gasteiger charge is 2.21. The molecular weight excluding hydrogens is 258 g/mol. The number of nitrogens with one attached hydrogen (secondary N) is 1. The molecule has 0 spiro atoms. The highest BCUT2D eigenvalue weighted by atomic mass is 35.5. The molecule has 0 heterocycles. The summed E-state index contributed by atoms with van der Waals surface area (Å²) in [6, 6.07) is 3.72. The summed E-state index contributed by atoms with van der Waals surface area (Å²) in [7, 11) is 0. The van der Waals surface area contributed by atoms with Crippen LogP contribution in [0.25, 0.3) is 0 Å². The van der Waals surface area contributed by atoms with E-state index in [0.29, 0.717) is 0 Å². The number of hydrogen-bond donors (Lipinski definition) is 2. The van der Waals surface area contributed by atoms with Gasteiger partial charge in [0.25, 0.3) is 5.69 Å². The summed E-state index contributed by atoms with van der Waals surface area (Å²) in [6.07, 6.45) is 0. The van der Waals surface area contributed by atoms with E-state index in [1.165, 1.54) is 18.2 Å². The van der Waals surface area contributed by atoms with Crippen molar-refractivity contribution in [1.82, 2.24) is 0 Å². The maximum absolute atomic E-state index is 11.8. The Labute approximate surface area is 109 Å². The van der Waals surface area contributed by atoms with Crippen LogP contribution in [0, 0.1) is 16.0 Å². The lowest BCUT2D eigenvalue weighted by molar-refractivity contribution is -0.383. The summed E-state index contributed by atoms with van der Waals surface area (Å²) in [5.74, 6) is -0.810. The summed E-state index contributed by atoms with van der Waals surface area (Å²) in [5, 5.41) is 13.5. The van der Waals surface area contributed by atoms with Crippen LogP contribution in [0.2, 0.25) is 5.02 Å². The molecular formula is C11H14ClN3O3. The lowest BCUT2D eigenvalue weighted by atomic mass is 10.0. The Morgan fingerprint density at radius 1 is 1.50 bits per heavy atom. The molecule has 0 fully saturated rings. The molecule has 0 aliphatic carbocycles. The fourth-order valence-corrected chi connectivity index (χ4v) is 1.41. The Kier molecular flexibility index (Phi) is 4.63. The topological polar surface area (TPSA) is 98.3 Å². The fraction of sp³-hybridized carbons (Fsp3) is 0.364. The van der Waals surface area contributed by atoms with E-state index in [0.717, 1.165) is 0 Å². The molecule has 6 nitrogen and oxygen atoms in total. The summed E-state index contributed by atoms with van der Waals surface area (Å²) < 4.78 is 0. The van der Waals surface area contributed by atoms with E-state index in [-0.39, 0.29) is 28.3 Å². The van der Waals surface area contributed by atoms with Crippen LogP contribution in [0.1, 0.15) is 13.8 Å². The highest BCUT2D eigenvalue weighted by Crippen LogP contribution is 2.28. The summed E-state index contributed by atoms with van der Waals surface area (Å²) in [4.78, 5) is 22.0. The first kappa shape index (κ1) is 14.4. The minimum atomic E-state index is -0.599. The van der Waals surface area contributed by atoms with Gasteiger partial charge in [-0.2, -0.15) is 0 Å². The van der Waals surface area contributed by atoms with Crippen LogP contribution < -0.4 is 11.1 Å². The Bertz CT molecular complexity index is 477. The number of carbonyl (C=O) groups is 1. The van der Waals surface area contributed by atoms with E-state index in [2.05, 4.69) is 5.32 Å². The largest absolute Gasteiger partial charge is 0.327 e.